The van der Waals surface area contributed by atoms with Gasteiger partial charge in [0.25, 0.3) is 0 Å². The molecule has 2 aromatic carbocycles. The Kier molecular flexibility index (Phi) is 8.33. The first-order valence-electron chi connectivity index (χ1n) is 7.28. The van der Waals surface area contributed by atoms with Crippen LogP contribution in [0.25, 0.3) is 0 Å². The van der Waals surface area contributed by atoms with Crippen molar-refractivity contribution < 1.29 is 14.3 Å². The van der Waals surface area contributed by atoms with Crippen LogP contribution in [0.4, 0.5) is 0 Å². The Morgan fingerprint density at radius 3 is 1.96 bits per heavy atom. The third-order valence-corrected chi connectivity index (χ3v) is 3.36. The summed E-state index contributed by atoms with van der Waals surface area (Å²) in [5.41, 5.74) is 7.86. The van der Waals surface area contributed by atoms with E-state index in [2.05, 4.69) is 0 Å². The molecule has 0 saturated carbocycles. The van der Waals surface area contributed by atoms with E-state index >= 15 is 0 Å². The molecule has 0 aliphatic carbocycles. The predicted octanol–water partition coefficient (Wildman–Crippen LogP) is 3.08. The highest BCUT2D eigenvalue weighted by Crippen LogP contribution is 2.07. The maximum atomic E-state index is 11.9. The van der Waals surface area contributed by atoms with Gasteiger partial charge in [-0.05, 0) is 18.1 Å². The van der Waals surface area contributed by atoms with E-state index < -0.39 is 18.1 Å². The van der Waals surface area contributed by atoms with Crippen molar-refractivity contribution in [3.8, 4) is 0 Å². The molecule has 2 aromatic rings. The summed E-state index contributed by atoms with van der Waals surface area (Å²) in [6.45, 7) is 2.41. The van der Waals surface area contributed by atoms with Gasteiger partial charge in [-0.1, -0.05) is 60.7 Å². The molecule has 0 aliphatic rings. The molecule has 0 aromatic heterocycles. The molecule has 23 heavy (non-hydrogen) atoms. The number of nitrogens with two attached hydrogens (primary N) is 1. The minimum atomic E-state index is -0.799. The Balaban J connectivity index is 0.00000264. The number of ether oxygens (including phenoxy) is 2. The van der Waals surface area contributed by atoms with Gasteiger partial charge in [0.2, 0.25) is 0 Å². The van der Waals surface area contributed by atoms with E-state index in [0.717, 1.165) is 11.1 Å². The van der Waals surface area contributed by atoms with Crippen molar-refractivity contribution in [3.63, 3.8) is 0 Å². The number of esters is 1. The van der Waals surface area contributed by atoms with Gasteiger partial charge in [-0.25, -0.2) is 0 Å². The summed E-state index contributed by atoms with van der Waals surface area (Å²) in [6.07, 6.45) is -0.413. The predicted molar refractivity (Wildman–Crippen MR) is 92.2 cm³/mol. The topological polar surface area (TPSA) is 61.5 Å². The molecule has 0 amide bonds. The van der Waals surface area contributed by atoms with Crippen molar-refractivity contribution in [1.82, 2.24) is 0 Å². The van der Waals surface area contributed by atoms with E-state index in [9.17, 15) is 4.79 Å². The fraction of sp³-hybridized carbons (Fsp3) is 0.278. The summed E-state index contributed by atoms with van der Waals surface area (Å²) in [6, 6.07) is 18.5. The zero-order valence-electron chi connectivity index (χ0n) is 13.1. The van der Waals surface area contributed by atoms with E-state index in [4.69, 9.17) is 15.2 Å². The molecule has 0 fully saturated rings. The Morgan fingerprint density at radius 2 is 1.43 bits per heavy atom. The molecule has 0 unspecified atom stereocenters. The third-order valence-electron chi connectivity index (χ3n) is 3.36. The van der Waals surface area contributed by atoms with Gasteiger partial charge in [-0.15, -0.1) is 12.4 Å². The van der Waals surface area contributed by atoms with Crippen LogP contribution in [0.15, 0.2) is 60.7 Å². The lowest BCUT2D eigenvalue weighted by atomic mass is 10.2. The smallest absolute Gasteiger partial charge is 0.325 e. The van der Waals surface area contributed by atoms with Crippen LogP contribution in [0.5, 0.6) is 0 Å². The molecule has 0 radical (unpaired) electrons. The fourth-order valence-electron chi connectivity index (χ4n) is 1.92. The summed E-state index contributed by atoms with van der Waals surface area (Å²) < 4.78 is 10.9. The van der Waals surface area contributed by atoms with Crippen LogP contribution in [0, 0.1) is 0 Å². The second-order valence-electron chi connectivity index (χ2n) is 5.12. The van der Waals surface area contributed by atoms with Crippen LogP contribution in [0.2, 0.25) is 0 Å². The van der Waals surface area contributed by atoms with Crippen molar-refractivity contribution >= 4 is 18.4 Å². The molecule has 2 N–H and O–H groups in total. The van der Waals surface area contributed by atoms with Gasteiger partial charge < -0.3 is 15.2 Å². The lowest BCUT2D eigenvalue weighted by Gasteiger charge is -2.19. The number of halogens is 1. The minimum absolute atomic E-state index is 0. The lowest BCUT2D eigenvalue weighted by molar-refractivity contribution is -0.150. The molecule has 0 aliphatic heterocycles. The van der Waals surface area contributed by atoms with Crippen LogP contribution in [0.3, 0.4) is 0 Å². The molecule has 2 rings (SSSR count). The van der Waals surface area contributed by atoms with E-state index in [1.54, 1.807) is 6.92 Å². The summed E-state index contributed by atoms with van der Waals surface area (Å²) in [5, 5.41) is 0. The van der Waals surface area contributed by atoms with Gasteiger partial charge in [0.15, 0.2) is 0 Å². The van der Waals surface area contributed by atoms with Gasteiger partial charge in [-0.2, -0.15) is 0 Å². The Bertz CT molecular complexity index is 577. The summed E-state index contributed by atoms with van der Waals surface area (Å²) in [5.74, 6) is -0.454. The van der Waals surface area contributed by atoms with Crippen LogP contribution in [-0.2, 0) is 27.5 Å². The molecule has 124 valence electrons. The first-order valence-corrected chi connectivity index (χ1v) is 7.28. The van der Waals surface area contributed by atoms with Crippen molar-refractivity contribution in [2.24, 2.45) is 5.73 Å². The van der Waals surface area contributed by atoms with Crippen LogP contribution in [-0.4, -0.2) is 18.1 Å². The average Bonchev–Trinajstić information content (AvgIpc) is 2.58. The molecule has 0 bridgehead atoms. The summed E-state index contributed by atoms with van der Waals surface area (Å²) in [7, 11) is 0. The Morgan fingerprint density at radius 1 is 0.957 bits per heavy atom. The second kappa shape index (κ2) is 10.0. The highest BCUT2D eigenvalue weighted by molar-refractivity contribution is 5.85. The minimum Gasteiger partial charge on any atom is -0.460 e. The van der Waals surface area contributed by atoms with Gasteiger partial charge in [0.05, 0.1) is 12.7 Å². The lowest BCUT2D eigenvalue weighted by Crippen LogP contribution is -2.42. The maximum Gasteiger partial charge on any atom is 0.325 e. The molecule has 5 heteroatoms. The number of rotatable bonds is 7. The number of hydrogen-bond donors (Lipinski definition) is 1. The van der Waals surface area contributed by atoms with E-state index in [-0.39, 0.29) is 19.0 Å². The second-order valence-corrected chi connectivity index (χ2v) is 5.12. The third kappa shape index (κ3) is 6.40. The quantitative estimate of drug-likeness (QED) is 0.790. The van der Waals surface area contributed by atoms with Gasteiger partial charge >= 0.3 is 5.97 Å². The normalized spacial score (nSPS) is 12.8. The molecular formula is C18H22ClNO3. The number of benzene rings is 2. The number of carbonyl (C=O) groups is 1. The number of hydrogen-bond acceptors (Lipinski definition) is 4. The summed E-state index contributed by atoms with van der Waals surface area (Å²) in [4.78, 5) is 11.9. The van der Waals surface area contributed by atoms with E-state index in [1.165, 1.54) is 0 Å². The first kappa shape index (κ1) is 19.2. The Labute approximate surface area is 143 Å². The van der Waals surface area contributed by atoms with Crippen LogP contribution < -0.4 is 5.73 Å². The molecule has 0 heterocycles. The van der Waals surface area contributed by atoms with Crippen molar-refractivity contribution in [2.45, 2.75) is 32.3 Å². The van der Waals surface area contributed by atoms with Gasteiger partial charge in [0.1, 0.15) is 12.6 Å². The van der Waals surface area contributed by atoms with Crippen LogP contribution >= 0.6 is 12.4 Å². The highest BCUT2D eigenvalue weighted by Gasteiger charge is 2.23. The van der Waals surface area contributed by atoms with Gasteiger partial charge in [0, 0.05) is 0 Å². The van der Waals surface area contributed by atoms with E-state index in [0.29, 0.717) is 6.61 Å². The van der Waals surface area contributed by atoms with Crippen molar-refractivity contribution in [3.05, 3.63) is 71.8 Å². The van der Waals surface area contributed by atoms with Crippen molar-refractivity contribution in [2.75, 3.05) is 0 Å². The Hall–Kier alpha value is -1.88. The fourth-order valence-corrected chi connectivity index (χ4v) is 1.92. The molecule has 2 atom stereocenters. The molecular weight excluding hydrogens is 314 g/mol. The molecule has 4 nitrogen and oxygen atoms in total. The first-order chi connectivity index (χ1) is 10.7. The number of carbonyl (C=O) groups excluding carboxylic acids is 1. The SMILES string of the molecule is C[C@@H](OCc1ccccc1)[C@H](N)C(=O)OCc1ccccc1.Cl. The largest absolute Gasteiger partial charge is 0.460 e. The monoisotopic (exact) mass is 335 g/mol. The zero-order valence-corrected chi connectivity index (χ0v) is 13.9. The molecule has 0 saturated heterocycles. The molecule has 0 spiro atoms. The average molecular weight is 336 g/mol. The van der Waals surface area contributed by atoms with Gasteiger partial charge in [-0.3, -0.25) is 4.79 Å². The highest BCUT2D eigenvalue weighted by atomic mass is 35.5. The van der Waals surface area contributed by atoms with Crippen LogP contribution in [0.1, 0.15) is 18.1 Å². The van der Waals surface area contributed by atoms with E-state index in [1.807, 2.05) is 60.7 Å². The zero-order chi connectivity index (χ0) is 15.8. The standard InChI is InChI=1S/C18H21NO3.ClH/c1-14(21-12-15-8-4-2-5-9-15)17(19)18(20)22-13-16-10-6-3-7-11-16;/h2-11,14,17H,12-13,19H2,1H3;1H/t14-,17+;/m1./s1. The van der Waals surface area contributed by atoms with Crippen molar-refractivity contribution in [1.29, 1.82) is 0 Å². The summed E-state index contributed by atoms with van der Waals surface area (Å²) >= 11 is 0. The maximum absolute atomic E-state index is 11.9.